The average molecular weight is 275 g/mol. The van der Waals surface area contributed by atoms with E-state index in [1.807, 2.05) is 31.2 Å². The molecule has 0 aliphatic rings. The molecule has 0 spiro atoms. The number of aliphatic hydroxyl groups is 1. The van der Waals surface area contributed by atoms with E-state index in [-0.39, 0.29) is 6.54 Å². The smallest absolute Gasteiger partial charge is 0.320 e. The minimum atomic E-state index is -0.750. The Balaban J connectivity index is 1.82. The van der Waals surface area contributed by atoms with E-state index in [4.69, 9.17) is 4.52 Å². The molecule has 20 heavy (non-hydrogen) atoms. The summed E-state index contributed by atoms with van der Waals surface area (Å²) < 4.78 is 4.83. The van der Waals surface area contributed by atoms with Gasteiger partial charge in [-0.1, -0.05) is 35.0 Å². The molecule has 0 radical (unpaired) electrons. The van der Waals surface area contributed by atoms with Crippen LogP contribution in [-0.4, -0.2) is 22.8 Å². The second-order valence-corrected chi connectivity index (χ2v) is 4.58. The monoisotopic (exact) mass is 275 g/mol. The van der Waals surface area contributed by atoms with E-state index in [0.717, 1.165) is 11.1 Å². The van der Waals surface area contributed by atoms with Gasteiger partial charge in [-0.25, -0.2) is 4.79 Å². The first-order valence-electron chi connectivity index (χ1n) is 6.27. The standard InChI is InChI=1S/C14H17N3O3/c1-9-3-5-11(6-4-9)12(18)8-15-14(19)16-13-7-10(2)20-17-13/h3-7,12,18H,8H2,1-2H3,(H2,15,16,17,19)/t12-/m1/s1. The highest BCUT2D eigenvalue weighted by atomic mass is 16.5. The van der Waals surface area contributed by atoms with Crippen molar-refractivity contribution >= 4 is 11.8 Å². The van der Waals surface area contributed by atoms with Crippen LogP contribution in [0.4, 0.5) is 10.6 Å². The van der Waals surface area contributed by atoms with Gasteiger partial charge >= 0.3 is 6.03 Å². The number of carbonyl (C=O) groups is 1. The molecule has 0 unspecified atom stereocenters. The number of hydrogen-bond donors (Lipinski definition) is 3. The Kier molecular flexibility index (Phi) is 4.37. The Bertz CT molecular complexity index is 578. The minimum absolute atomic E-state index is 0.117. The number of rotatable bonds is 4. The first-order chi connectivity index (χ1) is 9.54. The average Bonchev–Trinajstić information content (AvgIpc) is 2.82. The van der Waals surface area contributed by atoms with Gasteiger partial charge in [0.05, 0.1) is 6.10 Å². The van der Waals surface area contributed by atoms with Crippen LogP contribution in [0.15, 0.2) is 34.9 Å². The zero-order valence-corrected chi connectivity index (χ0v) is 11.4. The molecule has 2 rings (SSSR count). The van der Waals surface area contributed by atoms with Gasteiger partial charge in [0.2, 0.25) is 0 Å². The lowest BCUT2D eigenvalue weighted by atomic mass is 10.1. The third-order valence-corrected chi connectivity index (χ3v) is 2.79. The summed E-state index contributed by atoms with van der Waals surface area (Å²) in [5.74, 6) is 0.949. The number of hydrogen-bond acceptors (Lipinski definition) is 4. The molecule has 0 fully saturated rings. The molecule has 3 N–H and O–H groups in total. The second kappa shape index (κ2) is 6.21. The minimum Gasteiger partial charge on any atom is -0.387 e. The molecule has 0 bridgehead atoms. The van der Waals surface area contributed by atoms with Crippen molar-refractivity contribution in [2.24, 2.45) is 0 Å². The van der Waals surface area contributed by atoms with Crippen molar-refractivity contribution in [2.45, 2.75) is 20.0 Å². The third kappa shape index (κ3) is 3.83. The lowest BCUT2D eigenvalue weighted by molar-refractivity contribution is 0.175. The molecule has 0 aliphatic carbocycles. The van der Waals surface area contributed by atoms with Crippen LogP contribution in [0.3, 0.4) is 0 Å². The molecule has 6 nitrogen and oxygen atoms in total. The summed E-state index contributed by atoms with van der Waals surface area (Å²) in [7, 11) is 0. The normalized spacial score (nSPS) is 11.9. The van der Waals surface area contributed by atoms with Gasteiger partial charge in [-0.05, 0) is 19.4 Å². The van der Waals surface area contributed by atoms with Crippen LogP contribution in [0.2, 0.25) is 0 Å². The Morgan fingerprint density at radius 3 is 2.65 bits per heavy atom. The van der Waals surface area contributed by atoms with Gasteiger partial charge in [0.15, 0.2) is 5.82 Å². The summed E-state index contributed by atoms with van der Waals surface area (Å²) in [6.07, 6.45) is -0.750. The Hall–Kier alpha value is -2.34. The SMILES string of the molecule is Cc1ccc([C@H](O)CNC(=O)Nc2cc(C)on2)cc1. The van der Waals surface area contributed by atoms with Crippen molar-refractivity contribution in [3.63, 3.8) is 0 Å². The Morgan fingerprint density at radius 2 is 2.05 bits per heavy atom. The quantitative estimate of drug-likeness (QED) is 0.797. The van der Waals surface area contributed by atoms with Crippen molar-refractivity contribution < 1.29 is 14.4 Å². The van der Waals surface area contributed by atoms with Crippen LogP contribution >= 0.6 is 0 Å². The van der Waals surface area contributed by atoms with Gasteiger partial charge < -0.3 is 14.9 Å². The lowest BCUT2D eigenvalue weighted by Gasteiger charge is -2.12. The topological polar surface area (TPSA) is 87.4 Å². The van der Waals surface area contributed by atoms with Gasteiger partial charge in [-0.15, -0.1) is 0 Å². The third-order valence-electron chi connectivity index (χ3n) is 2.79. The zero-order chi connectivity index (χ0) is 14.5. The summed E-state index contributed by atoms with van der Waals surface area (Å²) in [4.78, 5) is 11.6. The van der Waals surface area contributed by atoms with Crippen LogP contribution in [0, 0.1) is 13.8 Å². The number of amides is 2. The molecule has 1 aromatic carbocycles. The summed E-state index contributed by atoms with van der Waals surface area (Å²) in [6, 6.07) is 8.66. The lowest BCUT2D eigenvalue weighted by Crippen LogP contribution is -2.32. The molecule has 0 saturated heterocycles. The van der Waals surface area contributed by atoms with E-state index in [1.165, 1.54) is 0 Å². The molecule has 2 amide bonds. The molecule has 1 heterocycles. The Labute approximate surface area is 116 Å². The maximum absolute atomic E-state index is 11.6. The van der Waals surface area contributed by atoms with Crippen molar-refractivity contribution in [1.29, 1.82) is 0 Å². The molecule has 2 aromatic rings. The molecule has 0 saturated carbocycles. The van der Waals surface area contributed by atoms with Crippen molar-refractivity contribution in [3.05, 3.63) is 47.2 Å². The number of carbonyl (C=O) groups excluding carboxylic acids is 1. The van der Waals surface area contributed by atoms with Gasteiger partial charge in [-0.2, -0.15) is 0 Å². The van der Waals surface area contributed by atoms with Crippen LogP contribution < -0.4 is 10.6 Å². The van der Waals surface area contributed by atoms with Crippen LogP contribution in [0.1, 0.15) is 23.0 Å². The van der Waals surface area contributed by atoms with E-state index in [0.29, 0.717) is 11.6 Å². The number of aliphatic hydroxyl groups excluding tert-OH is 1. The van der Waals surface area contributed by atoms with E-state index >= 15 is 0 Å². The number of aryl methyl sites for hydroxylation is 2. The number of urea groups is 1. The fraction of sp³-hybridized carbons (Fsp3) is 0.286. The fourth-order valence-electron chi connectivity index (χ4n) is 1.68. The summed E-state index contributed by atoms with van der Waals surface area (Å²) in [5.41, 5.74) is 1.88. The molecular weight excluding hydrogens is 258 g/mol. The van der Waals surface area contributed by atoms with Crippen LogP contribution in [0.25, 0.3) is 0 Å². The highest BCUT2D eigenvalue weighted by Crippen LogP contribution is 2.12. The maximum Gasteiger partial charge on any atom is 0.320 e. The maximum atomic E-state index is 11.6. The molecule has 1 atom stereocenters. The first-order valence-corrected chi connectivity index (χ1v) is 6.27. The highest BCUT2D eigenvalue weighted by Gasteiger charge is 2.10. The first kappa shape index (κ1) is 14.1. The number of anilines is 1. The number of nitrogens with one attached hydrogen (secondary N) is 2. The summed E-state index contributed by atoms with van der Waals surface area (Å²) in [6.45, 7) is 3.82. The molecule has 1 aromatic heterocycles. The van der Waals surface area contributed by atoms with E-state index in [1.54, 1.807) is 13.0 Å². The van der Waals surface area contributed by atoms with Gasteiger partial charge in [0.1, 0.15) is 5.76 Å². The number of nitrogens with zero attached hydrogens (tertiary/aromatic N) is 1. The van der Waals surface area contributed by atoms with Crippen LogP contribution in [0.5, 0.6) is 0 Å². The van der Waals surface area contributed by atoms with Crippen molar-refractivity contribution in [2.75, 3.05) is 11.9 Å². The molecule has 6 heteroatoms. The predicted molar refractivity (Wildman–Crippen MR) is 74.4 cm³/mol. The largest absolute Gasteiger partial charge is 0.387 e. The van der Waals surface area contributed by atoms with E-state index < -0.39 is 12.1 Å². The van der Waals surface area contributed by atoms with Crippen LogP contribution in [-0.2, 0) is 0 Å². The predicted octanol–water partition coefficient (Wildman–Crippen LogP) is 2.15. The van der Waals surface area contributed by atoms with Gasteiger partial charge in [0, 0.05) is 12.6 Å². The van der Waals surface area contributed by atoms with Crippen molar-refractivity contribution in [3.8, 4) is 0 Å². The second-order valence-electron chi connectivity index (χ2n) is 4.58. The molecule has 106 valence electrons. The Morgan fingerprint density at radius 1 is 1.35 bits per heavy atom. The zero-order valence-electron chi connectivity index (χ0n) is 11.4. The summed E-state index contributed by atoms with van der Waals surface area (Å²) in [5, 5.41) is 18.7. The fourth-order valence-corrected chi connectivity index (χ4v) is 1.68. The number of benzene rings is 1. The van der Waals surface area contributed by atoms with E-state index in [2.05, 4.69) is 15.8 Å². The number of aromatic nitrogens is 1. The van der Waals surface area contributed by atoms with Gasteiger partial charge in [-0.3, -0.25) is 5.32 Å². The molecule has 0 aliphatic heterocycles. The highest BCUT2D eigenvalue weighted by molar-refractivity contribution is 5.88. The van der Waals surface area contributed by atoms with Crippen molar-refractivity contribution in [1.82, 2.24) is 10.5 Å². The van der Waals surface area contributed by atoms with E-state index in [9.17, 15) is 9.90 Å². The molecular formula is C14H17N3O3. The summed E-state index contributed by atoms with van der Waals surface area (Å²) >= 11 is 0. The van der Waals surface area contributed by atoms with Gasteiger partial charge in [0.25, 0.3) is 0 Å².